The van der Waals surface area contributed by atoms with Gasteiger partial charge in [0.15, 0.2) is 0 Å². The lowest BCUT2D eigenvalue weighted by Crippen LogP contribution is -2.20. The Bertz CT molecular complexity index is 592. The third-order valence-electron chi connectivity index (χ3n) is 3.11. The number of hydrogen-bond donors (Lipinski definition) is 1. The van der Waals surface area contributed by atoms with Gasteiger partial charge in [-0.05, 0) is 42.2 Å². The first-order valence-corrected chi connectivity index (χ1v) is 7.45. The van der Waals surface area contributed by atoms with Crippen molar-refractivity contribution < 1.29 is 4.92 Å². The molecule has 0 fully saturated rings. The number of aromatic nitrogens is 2. The SMILES string of the molecule is CCc1nn(C)c(NC(C)Cc2ccsc2)c1[N+](=O)[O-]. The zero-order valence-electron chi connectivity index (χ0n) is 11.8. The van der Waals surface area contributed by atoms with Crippen LogP contribution in [0.15, 0.2) is 16.8 Å². The van der Waals surface area contributed by atoms with Crippen molar-refractivity contribution >= 4 is 22.8 Å². The van der Waals surface area contributed by atoms with Gasteiger partial charge in [0.05, 0.1) is 4.92 Å². The lowest BCUT2D eigenvalue weighted by atomic mass is 10.1. The molecule has 1 atom stereocenters. The van der Waals surface area contributed by atoms with Crippen LogP contribution in [0.3, 0.4) is 0 Å². The van der Waals surface area contributed by atoms with E-state index in [4.69, 9.17) is 0 Å². The minimum Gasteiger partial charge on any atom is -0.362 e. The molecular formula is C13H18N4O2S. The summed E-state index contributed by atoms with van der Waals surface area (Å²) in [5.74, 6) is 0.481. The fourth-order valence-electron chi connectivity index (χ4n) is 2.21. The Balaban J connectivity index is 2.20. The summed E-state index contributed by atoms with van der Waals surface area (Å²) in [6.45, 7) is 3.88. The van der Waals surface area contributed by atoms with Crippen molar-refractivity contribution in [2.75, 3.05) is 5.32 Å². The molecule has 108 valence electrons. The van der Waals surface area contributed by atoms with Crippen molar-refractivity contribution in [1.82, 2.24) is 9.78 Å². The number of aryl methyl sites for hydroxylation is 2. The summed E-state index contributed by atoms with van der Waals surface area (Å²) in [5.41, 5.74) is 1.84. The number of nitrogens with zero attached hydrogens (tertiary/aromatic N) is 3. The van der Waals surface area contributed by atoms with E-state index >= 15 is 0 Å². The van der Waals surface area contributed by atoms with E-state index in [2.05, 4.69) is 21.9 Å². The third kappa shape index (κ3) is 2.98. The molecule has 6 nitrogen and oxygen atoms in total. The van der Waals surface area contributed by atoms with Crippen LogP contribution < -0.4 is 5.32 Å². The maximum Gasteiger partial charge on any atom is 0.333 e. The second-order valence-corrected chi connectivity index (χ2v) is 5.54. The normalized spacial score (nSPS) is 12.3. The first-order chi connectivity index (χ1) is 9.52. The summed E-state index contributed by atoms with van der Waals surface area (Å²) in [6.07, 6.45) is 1.37. The summed E-state index contributed by atoms with van der Waals surface area (Å²) >= 11 is 1.65. The summed E-state index contributed by atoms with van der Waals surface area (Å²) in [7, 11) is 1.73. The zero-order chi connectivity index (χ0) is 14.7. The van der Waals surface area contributed by atoms with Gasteiger partial charge >= 0.3 is 5.69 Å². The highest BCUT2D eigenvalue weighted by atomic mass is 32.1. The molecule has 0 bridgehead atoms. The lowest BCUT2D eigenvalue weighted by Gasteiger charge is -2.13. The average molecular weight is 294 g/mol. The third-order valence-corrected chi connectivity index (χ3v) is 3.85. The Labute approximate surface area is 121 Å². The molecule has 2 rings (SSSR count). The predicted octanol–water partition coefficient (Wildman–Crippen LogP) is 3.00. The van der Waals surface area contributed by atoms with Gasteiger partial charge in [-0.25, -0.2) is 4.68 Å². The Morgan fingerprint density at radius 2 is 2.35 bits per heavy atom. The van der Waals surface area contributed by atoms with E-state index < -0.39 is 0 Å². The molecule has 0 radical (unpaired) electrons. The van der Waals surface area contributed by atoms with Crippen molar-refractivity contribution in [3.05, 3.63) is 38.2 Å². The van der Waals surface area contributed by atoms with Crippen LogP contribution in [-0.2, 0) is 19.9 Å². The van der Waals surface area contributed by atoms with Crippen LogP contribution in [0.5, 0.6) is 0 Å². The molecule has 7 heteroatoms. The van der Waals surface area contributed by atoms with Gasteiger partial charge in [0.25, 0.3) is 0 Å². The molecule has 1 unspecified atom stereocenters. The maximum atomic E-state index is 11.2. The van der Waals surface area contributed by atoms with E-state index in [1.807, 2.05) is 19.2 Å². The number of anilines is 1. The van der Waals surface area contributed by atoms with Crippen LogP contribution >= 0.6 is 11.3 Å². The Hall–Kier alpha value is -1.89. The Morgan fingerprint density at radius 3 is 2.90 bits per heavy atom. The van der Waals surface area contributed by atoms with E-state index in [1.165, 1.54) is 5.56 Å². The van der Waals surface area contributed by atoms with Gasteiger partial charge < -0.3 is 5.32 Å². The van der Waals surface area contributed by atoms with Crippen molar-refractivity contribution in [2.24, 2.45) is 7.05 Å². The van der Waals surface area contributed by atoms with Crippen LogP contribution in [0.1, 0.15) is 25.1 Å². The molecule has 0 aliphatic heterocycles. The predicted molar refractivity (Wildman–Crippen MR) is 80.3 cm³/mol. The summed E-state index contributed by atoms with van der Waals surface area (Å²) in [4.78, 5) is 10.9. The molecule has 0 amide bonds. The van der Waals surface area contributed by atoms with Gasteiger partial charge in [-0.1, -0.05) is 6.92 Å². The molecule has 0 saturated carbocycles. The lowest BCUT2D eigenvalue weighted by molar-refractivity contribution is -0.384. The highest BCUT2D eigenvalue weighted by molar-refractivity contribution is 7.07. The van der Waals surface area contributed by atoms with Gasteiger partial charge in [-0.3, -0.25) is 10.1 Å². The summed E-state index contributed by atoms with van der Waals surface area (Å²) in [6, 6.07) is 2.17. The Kier molecular flexibility index (Phi) is 4.39. The van der Waals surface area contributed by atoms with Crippen LogP contribution in [0.4, 0.5) is 11.5 Å². The van der Waals surface area contributed by atoms with Crippen LogP contribution in [-0.4, -0.2) is 20.7 Å². The van der Waals surface area contributed by atoms with Gasteiger partial charge in [-0.2, -0.15) is 16.4 Å². The topological polar surface area (TPSA) is 73.0 Å². The van der Waals surface area contributed by atoms with Crippen molar-refractivity contribution in [2.45, 2.75) is 32.7 Å². The fraction of sp³-hybridized carbons (Fsp3) is 0.462. The van der Waals surface area contributed by atoms with Gasteiger partial charge in [0, 0.05) is 13.1 Å². The van der Waals surface area contributed by atoms with E-state index in [-0.39, 0.29) is 16.7 Å². The van der Waals surface area contributed by atoms with Gasteiger partial charge in [0.2, 0.25) is 5.82 Å². The number of thiophene rings is 1. The number of hydrogen-bond acceptors (Lipinski definition) is 5. The van der Waals surface area contributed by atoms with E-state index in [0.717, 1.165) is 6.42 Å². The minimum atomic E-state index is -0.356. The monoisotopic (exact) mass is 294 g/mol. The second-order valence-electron chi connectivity index (χ2n) is 4.76. The zero-order valence-corrected chi connectivity index (χ0v) is 12.6. The molecule has 20 heavy (non-hydrogen) atoms. The van der Waals surface area contributed by atoms with Crippen molar-refractivity contribution in [3.63, 3.8) is 0 Å². The largest absolute Gasteiger partial charge is 0.362 e. The molecule has 0 aromatic carbocycles. The van der Waals surface area contributed by atoms with Crippen LogP contribution in [0, 0.1) is 10.1 Å². The molecular weight excluding hydrogens is 276 g/mol. The first kappa shape index (κ1) is 14.5. The van der Waals surface area contributed by atoms with E-state index in [1.54, 1.807) is 23.1 Å². The number of nitrogens with one attached hydrogen (secondary N) is 1. The van der Waals surface area contributed by atoms with Crippen molar-refractivity contribution in [1.29, 1.82) is 0 Å². The van der Waals surface area contributed by atoms with Crippen LogP contribution in [0.2, 0.25) is 0 Å². The van der Waals surface area contributed by atoms with Crippen LogP contribution in [0.25, 0.3) is 0 Å². The van der Waals surface area contributed by atoms with Crippen molar-refractivity contribution in [3.8, 4) is 0 Å². The highest BCUT2D eigenvalue weighted by Crippen LogP contribution is 2.29. The molecule has 2 heterocycles. The average Bonchev–Trinajstić information content (AvgIpc) is 2.98. The minimum absolute atomic E-state index is 0.0900. The molecule has 0 aliphatic carbocycles. The summed E-state index contributed by atoms with van der Waals surface area (Å²) in [5, 5.41) is 22.8. The van der Waals surface area contributed by atoms with E-state index in [0.29, 0.717) is 17.9 Å². The van der Waals surface area contributed by atoms with Gasteiger partial charge in [-0.15, -0.1) is 0 Å². The molecule has 1 N–H and O–H groups in total. The smallest absolute Gasteiger partial charge is 0.333 e. The van der Waals surface area contributed by atoms with Gasteiger partial charge in [0.1, 0.15) is 5.69 Å². The molecule has 2 aromatic rings. The van der Waals surface area contributed by atoms with E-state index in [9.17, 15) is 10.1 Å². The Morgan fingerprint density at radius 1 is 1.60 bits per heavy atom. The standard InChI is InChI=1S/C13H18N4O2S/c1-4-11-12(17(18)19)13(16(3)15-11)14-9(2)7-10-5-6-20-8-10/h5-6,8-9,14H,4,7H2,1-3H3. The molecule has 0 saturated heterocycles. The molecule has 0 aliphatic rings. The highest BCUT2D eigenvalue weighted by Gasteiger charge is 2.26. The fourth-order valence-corrected chi connectivity index (χ4v) is 2.89. The number of rotatable bonds is 6. The first-order valence-electron chi connectivity index (χ1n) is 6.50. The second kappa shape index (κ2) is 6.04. The number of nitro groups is 1. The summed E-state index contributed by atoms with van der Waals surface area (Å²) < 4.78 is 1.56. The molecule has 0 spiro atoms. The maximum absolute atomic E-state index is 11.2. The molecule has 2 aromatic heterocycles. The quantitative estimate of drug-likeness (QED) is 0.656.